The van der Waals surface area contributed by atoms with E-state index in [1.54, 1.807) is 12.1 Å². The van der Waals surface area contributed by atoms with Crippen molar-refractivity contribution in [2.24, 2.45) is 10.8 Å². The Kier molecular flexibility index (Phi) is 6.82. The molecule has 0 atom stereocenters. The Bertz CT molecular complexity index is 555. The van der Waals surface area contributed by atoms with Crippen molar-refractivity contribution in [3.05, 3.63) is 23.3 Å². The van der Waals surface area contributed by atoms with Gasteiger partial charge in [0.05, 0.1) is 0 Å². The van der Waals surface area contributed by atoms with E-state index >= 15 is 0 Å². The zero-order valence-corrected chi connectivity index (χ0v) is 16.8. The Labute approximate surface area is 154 Å². The minimum Gasteiger partial charge on any atom is -0.508 e. The molecule has 2 rings (SSSR count). The second-order valence-corrected chi connectivity index (χ2v) is 9.30. The molecule has 0 aliphatic heterocycles. The Morgan fingerprint density at radius 1 is 0.920 bits per heavy atom. The van der Waals surface area contributed by atoms with Crippen molar-refractivity contribution in [1.82, 2.24) is 0 Å². The molecule has 0 aromatic heterocycles. The normalized spacial score (nSPS) is 16.2. The van der Waals surface area contributed by atoms with E-state index in [9.17, 15) is 10.2 Å². The molecular weight excluding hydrogens is 308 g/mol. The van der Waals surface area contributed by atoms with Crippen LogP contribution in [0.2, 0.25) is 0 Å². The third-order valence-corrected chi connectivity index (χ3v) is 6.43. The lowest BCUT2D eigenvalue weighted by Gasteiger charge is -2.22. The summed E-state index contributed by atoms with van der Waals surface area (Å²) in [5.41, 5.74) is 2.97. The molecule has 142 valence electrons. The van der Waals surface area contributed by atoms with Crippen LogP contribution >= 0.6 is 0 Å². The van der Waals surface area contributed by atoms with Crippen LogP contribution in [-0.4, -0.2) is 10.2 Å². The number of hydrogen-bond acceptors (Lipinski definition) is 2. The number of rotatable bonds is 11. The average molecular weight is 347 g/mol. The Morgan fingerprint density at radius 2 is 1.44 bits per heavy atom. The molecule has 0 radical (unpaired) electrons. The first-order chi connectivity index (χ1) is 11.8. The van der Waals surface area contributed by atoms with Gasteiger partial charge in [0, 0.05) is 11.1 Å². The van der Waals surface area contributed by atoms with Gasteiger partial charge < -0.3 is 10.2 Å². The van der Waals surface area contributed by atoms with E-state index in [0.717, 1.165) is 36.8 Å². The zero-order valence-electron chi connectivity index (χ0n) is 16.8. The van der Waals surface area contributed by atoms with Gasteiger partial charge in [-0.15, -0.1) is 0 Å². The second kappa shape index (κ2) is 8.47. The molecule has 1 aromatic rings. The van der Waals surface area contributed by atoms with E-state index in [1.807, 2.05) is 0 Å². The summed E-state index contributed by atoms with van der Waals surface area (Å²) in [4.78, 5) is 0. The maximum atomic E-state index is 10.3. The third-order valence-electron chi connectivity index (χ3n) is 6.43. The number of hydrogen-bond donors (Lipinski definition) is 2. The summed E-state index contributed by atoms with van der Waals surface area (Å²) in [6.45, 7) is 9.28. The van der Waals surface area contributed by atoms with Crippen LogP contribution in [0.3, 0.4) is 0 Å². The van der Waals surface area contributed by atoms with Gasteiger partial charge >= 0.3 is 0 Å². The Hall–Kier alpha value is -1.18. The summed E-state index contributed by atoms with van der Waals surface area (Å²) in [6.07, 6.45) is 12.8. The van der Waals surface area contributed by atoms with Gasteiger partial charge in [0.2, 0.25) is 0 Å². The largest absolute Gasteiger partial charge is 0.508 e. The van der Waals surface area contributed by atoms with Gasteiger partial charge in [0.25, 0.3) is 0 Å². The van der Waals surface area contributed by atoms with E-state index in [2.05, 4.69) is 27.7 Å². The van der Waals surface area contributed by atoms with Gasteiger partial charge in [-0.25, -0.2) is 0 Å². The molecule has 0 unspecified atom stereocenters. The first-order valence-electron chi connectivity index (χ1n) is 10.3. The number of unbranched alkanes of at least 4 members (excludes halogenated alkanes) is 2. The Balaban J connectivity index is 1.88. The molecule has 2 heteroatoms. The molecule has 0 saturated heterocycles. The summed E-state index contributed by atoms with van der Waals surface area (Å²) < 4.78 is 0. The third kappa shape index (κ3) is 6.24. The number of benzene rings is 1. The van der Waals surface area contributed by atoms with Crippen LogP contribution in [0.25, 0.3) is 0 Å². The smallest absolute Gasteiger partial charge is 0.119 e. The van der Waals surface area contributed by atoms with E-state index in [-0.39, 0.29) is 0 Å². The molecule has 1 fully saturated rings. The molecule has 1 saturated carbocycles. The minimum atomic E-state index is 0.358. The van der Waals surface area contributed by atoms with E-state index in [4.69, 9.17) is 0 Å². The molecule has 0 heterocycles. The quantitative estimate of drug-likeness (QED) is 0.343. The SMILES string of the molecule is CCC(C)(C)CCCCc1c(O)ccc(O)c1CCCCC1(C)CC1. The van der Waals surface area contributed by atoms with Gasteiger partial charge in [0.15, 0.2) is 0 Å². The van der Waals surface area contributed by atoms with Crippen molar-refractivity contribution < 1.29 is 10.2 Å². The number of aromatic hydroxyl groups is 2. The maximum absolute atomic E-state index is 10.3. The van der Waals surface area contributed by atoms with Crippen molar-refractivity contribution in [1.29, 1.82) is 0 Å². The van der Waals surface area contributed by atoms with Crippen molar-refractivity contribution in [3.8, 4) is 11.5 Å². The van der Waals surface area contributed by atoms with Crippen LogP contribution in [0.5, 0.6) is 11.5 Å². The molecule has 1 aliphatic carbocycles. The first kappa shape index (κ1) is 20.1. The van der Waals surface area contributed by atoms with E-state index < -0.39 is 0 Å². The fourth-order valence-electron chi connectivity index (χ4n) is 3.63. The van der Waals surface area contributed by atoms with E-state index in [0.29, 0.717) is 22.3 Å². The van der Waals surface area contributed by atoms with Gasteiger partial charge in [-0.05, 0) is 74.3 Å². The molecule has 0 amide bonds. The molecule has 1 aliphatic rings. The first-order valence-corrected chi connectivity index (χ1v) is 10.3. The Morgan fingerprint density at radius 3 is 1.92 bits per heavy atom. The molecule has 0 bridgehead atoms. The van der Waals surface area contributed by atoms with Gasteiger partial charge in [-0.2, -0.15) is 0 Å². The standard InChI is InChI=1S/C23H38O2/c1-5-22(2,3)14-8-6-10-18-19(21(25)13-12-20(18)24)11-7-9-15-23(4)16-17-23/h12-13,24-25H,5-11,14-17H2,1-4H3. The monoisotopic (exact) mass is 346 g/mol. The topological polar surface area (TPSA) is 40.5 Å². The number of phenolic OH excluding ortho intramolecular Hbond substituents is 2. The molecular formula is C23H38O2. The lowest BCUT2D eigenvalue weighted by atomic mass is 9.84. The summed E-state index contributed by atoms with van der Waals surface area (Å²) >= 11 is 0. The minimum absolute atomic E-state index is 0.358. The van der Waals surface area contributed by atoms with Crippen LogP contribution < -0.4 is 0 Å². The molecule has 1 aromatic carbocycles. The highest BCUT2D eigenvalue weighted by Crippen LogP contribution is 2.49. The lowest BCUT2D eigenvalue weighted by molar-refractivity contribution is 0.309. The molecule has 0 spiro atoms. The summed E-state index contributed by atoms with van der Waals surface area (Å²) in [6, 6.07) is 3.30. The summed E-state index contributed by atoms with van der Waals surface area (Å²) in [5, 5.41) is 20.6. The fraction of sp³-hybridized carbons (Fsp3) is 0.739. The van der Waals surface area contributed by atoms with Crippen LogP contribution in [-0.2, 0) is 12.8 Å². The van der Waals surface area contributed by atoms with Crippen molar-refractivity contribution in [2.45, 2.75) is 98.3 Å². The molecule has 25 heavy (non-hydrogen) atoms. The molecule has 2 N–H and O–H groups in total. The highest BCUT2D eigenvalue weighted by molar-refractivity contribution is 5.47. The van der Waals surface area contributed by atoms with Crippen molar-refractivity contribution >= 4 is 0 Å². The predicted octanol–water partition coefficient (Wildman–Crippen LogP) is 6.76. The van der Waals surface area contributed by atoms with Crippen molar-refractivity contribution in [3.63, 3.8) is 0 Å². The van der Waals surface area contributed by atoms with Crippen LogP contribution in [0.4, 0.5) is 0 Å². The van der Waals surface area contributed by atoms with Crippen LogP contribution in [0.15, 0.2) is 12.1 Å². The van der Waals surface area contributed by atoms with Gasteiger partial charge in [-0.1, -0.05) is 47.0 Å². The maximum Gasteiger partial charge on any atom is 0.119 e. The highest BCUT2D eigenvalue weighted by Gasteiger charge is 2.35. The molecule has 2 nitrogen and oxygen atoms in total. The predicted molar refractivity (Wildman–Crippen MR) is 106 cm³/mol. The lowest BCUT2D eigenvalue weighted by Crippen LogP contribution is -2.09. The highest BCUT2D eigenvalue weighted by atomic mass is 16.3. The average Bonchev–Trinajstić information content (AvgIpc) is 3.30. The van der Waals surface area contributed by atoms with Crippen LogP contribution in [0.1, 0.15) is 96.6 Å². The zero-order chi connectivity index (χ0) is 18.5. The van der Waals surface area contributed by atoms with Crippen LogP contribution in [0, 0.1) is 10.8 Å². The summed E-state index contributed by atoms with van der Waals surface area (Å²) in [7, 11) is 0. The van der Waals surface area contributed by atoms with Gasteiger partial charge in [0.1, 0.15) is 11.5 Å². The van der Waals surface area contributed by atoms with E-state index in [1.165, 1.54) is 44.9 Å². The van der Waals surface area contributed by atoms with Gasteiger partial charge in [-0.3, -0.25) is 0 Å². The summed E-state index contributed by atoms with van der Waals surface area (Å²) in [5.74, 6) is 0.719. The second-order valence-electron chi connectivity index (χ2n) is 9.30. The van der Waals surface area contributed by atoms with Crippen molar-refractivity contribution in [2.75, 3.05) is 0 Å². The number of phenols is 2. The fourth-order valence-corrected chi connectivity index (χ4v) is 3.63.